The van der Waals surface area contributed by atoms with Crippen LogP contribution in [0.15, 0.2) is 30.3 Å². The SMILES string of the molecule is CCOc1cc2c(cc1NC(=O)CCCN(C)C)C(Nc1ccc(OCC3NCCCC3C)c(OC(F)(F)F)c1)C(C#N)CN2. The number of ether oxygens (including phenoxy) is 3. The van der Waals surface area contributed by atoms with Crippen molar-refractivity contribution in [1.82, 2.24) is 10.2 Å². The summed E-state index contributed by atoms with van der Waals surface area (Å²) in [6.07, 6.45) is -1.88. The van der Waals surface area contributed by atoms with Gasteiger partial charge in [-0.15, -0.1) is 13.2 Å². The van der Waals surface area contributed by atoms with Crippen LogP contribution in [0.5, 0.6) is 17.2 Å². The molecule has 1 fully saturated rings. The van der Waals surface area contributed by atoms with Crippen LogP contribution >= 0.6 is 0 Å². The highest BCUT2D eigenvalue weighted by atomic mass is 19.4. The van der Waals surface area contributed by atoms with E-state index in [0.29, 0.717) is 60.3 Å². The van der Waals surface area contributed by atoms with E-state index in [1.165, 1.54) is 12.1 Å². The second-order valence-electron chi connectivity index (χ2n) is 11.8. The predicted molar refractivity (Wildman–Crippen MR) is 167 cm³/mol. The zero-order valence-corrected chi connectivity index (χ0v) is 26.2. The maximum atomic E-state index is 13.4. The molecular weight excluding hydrogens is 589 g/mol. The van der Waals surface area contributed by atoms with E-state index in [2.05, 4.69) is 39.0 Å². The Balaban J connectivity index is 1.60. The van der Waals surface area contributed by atoms with Crippen molar-refractivity contribution in [3.8, 4) is 23.3 Å². The summed E-state index contributed by atoms with van der Waals surface area (Å²) in [7, 11) is 3.88. The number of carbonyl (C=O) groups excluding carboxylic acids is 1. The lowest BCUT2D eigenvalue weighted by atomic mass is 9.88. The molecule has 45 heavy (non-hydrogen) atoms. The number of nitrogens with zero attached hydrogens (tertiary/aromatic N) is 2. The number of nitrogens with one attached hydrogen (secondary N) is 4. The number of carbonyl (C=O) groups is 1. The molecule has 2 aliphatic rings. The van der Waals surface area contributed by atoms with Crippen LogP contribution in [0.25, 0.3) is 0 Å². The van der Waals surface area contributed by atoms with Crippen molar-refractivity contribution in [3.05, 3.63) is 35.9 Å². The minimum absolute atomic E-state index is 0.0159. The van der Waals surface area contributed by atoms with Gasteiger partial charge in [0.05, 0.1) is 30.3 Å². The van der Waals surface area contributed by atoms with E-state index in [-0.39, 0.29) is 24.3 Å². The molecule has 2 heterocycles. The average molecular weight is 633 g/mol. The molecule has 0 spiro atoms. The van der Waals surface area contributed by atoms with Crippen LogP contribution in [0.2, 0.25) is 0 Å². The molecule has 4 rings (SSSR count). The van der Waals surface area contributed by atoms with Crippen molar-refractivity contribution in [2.45, 2.75) is 58.0 Å². The number of fused-ring (bicyclic) bond motifs is 1. The summed E-state index contributed by atoms with van der Waals surface area (Å²) in [5.41, 5.74) is 2.12. The van der Waals surface area contributed by atoms with E-state index in [1.807, 2.05) is 25.9 Å². The van der Waals surface area contributed by atoms with Gasteiger partial charge in [0, 0.05) is 48.1 Å². The van der Waals surface area contributed by atoms with Gasteiger partial charge in [-0.05, 0) is 77.5 Å². The second-order valence-corrected chi connectivity index (χ2v) is 11.8. The first-order chi connectivity index (χ1) is 21.5. The van der Waals surface area contributed by atoms with Crippen molar-refractivity contribution < 1.29 is 32.2 Å². The minimum Gasteiger partial charge on any atom is -0.492 e. The lowest BCUT2D eigenvalue weighted by Crippen LogP contribution is -2.44. The molecule has 246 valence electrons. The van der Waals surface area contributed by atoms with Gasteiger partial charge in [-0.3, -0.25) is 4.79 Å². The summed E-state index contributed by atoms with van der Waals surface area (Å²) in [5, 5.41) is 22.8. The number of rotatable bonds is 13. The summed E-state index contributed by atoms with van der Waals surface area (Å²) in [4.78, 5) is 14.8. The van der Waals surface area contributed by atoms with Gasteiger partial charge in [0.2, 0.25) is 5.91 Å². The summed E-state index contributed by atoms with van der Waals surface area (Å²) in [6.45, 7) is 6.38. The number of amides is 1. The lowest BCUT2D eigenvalue weighted by Gasteiger charge is -2.33. The third-order valence-electron chi connectivity index (χ3n) is 7.99. The molecule has 2 aliphatic heterocycles. The normalized spacial score (nSPS) is 21.2. The fourth-order valence-corrected chi connectivity index (χ4v) is 5.62. The van der Waals surface area contributed by atoms with Crippen LogP contribution in [-0.2, 0) is 4.79 Å². The van der Waals surface area contributed by atoms with Crippen molar-refractivity contribution >= 4 is 23.0 Å². The summed E-state index contributed by atoms with van der Waals surface area (Å²) >= 11 is 0. The maximum absolute atomic E-state index is 13.4. The smallest absolute Gasteiger partial charge is 0.492 e. The monoisotopic (exact) mass is 632 g/mol. The molecule has 4 atom stereocenters. The van der Waals surface area contributed by atoms with Crippen molar-refractivity contribution in [2.24, 2.45) is 11.8 Å². The number of piperidine rings is 1. The van der Waals surface area contributed by atoms with Crippen molar-refractivity contribution in [3.63, 3.8) is 0 Å². The van der Waals surface area contributed by atoms with Gasteiger partial charge < -0.3 is 40.4 Å². The molecule has 0 aromatic heterocycles. The number of hydrogen-bond acceptors (Lipinski definition) is 9. The molecule has 2 aromatic rings. The number of benzene rings is 2. The van der Waals surface area contributed by atoms with Crippen LogP contribution in [0, 0.1) is 23.2 Å². The Kier molecular flexibility index (Phi) is 11.6. The van der Waals surface area contributed by atoms with E-state index in [4.69, 9.17) is 9.47 Å². The molecular formula is C32H43F3N6O4. The van der Waals surface area contributed by atoms with E-state index < -0.39 is 24.1 Å². The lowest BCUT2D eigenvalue weighted by molar-refractivity contribution is -0.275. The highest BCUT2D eigenvalue weighted by Gasteiger charge is 2.34. The van der Waals surface area contributed by atoms with Crippen LogP contribution in [0.1, 0.15) is 51.1 Å². The van der Waals surface area contributed by atoms with E-state index in [1.54, 1.807) is 18.2 Å². The van der Waals surface area contributed by atoms with Gasteiger partial charge in [-0.25, -0.2) is 0 Å². The zero-order valence-electron chi connectivity index (χ0n) is 26.2. The number of halogens is 3. The summed E-state index contributed by atoms with van der Waals surface area (Å²) < 4.78 is 56.3. The number of alkyl halides is 3. The highest BCUT2D eigenvalue weighted by Crippen LogP contribution is 2.43. The maximum Gasteiger partial charge on any atom is 0.573 e. The van der Waals surface area contributed by atoms with Gasteiger partial charge in [0.25, 0.3) is 0 Å². The molecule has 4 N–H and O–H groups in total. The number of anilines is 3. The Morgan fingerprint density at radius 1 is 1.16 bits per heavy atom. The Morgan fingerprint density at radius 2 is 1.96 bits per heavy atom. The van der Waals surface area contributed by atoms with E-state index in [0.717, 1.165) is 25.9 Å². The fourth-order valence-electron chi connectivity index (χ4n) is 5.62. The fraction of sp³-hybridized carbons (Fsp3) is 0.562. The molecule has 0 saturated carbocycles. The second kappa shape index (κ2) is 15.4. The molecule has 0 aliphatic carbocycles. The Morgan fingerprint density at radius 3 is 2.64 bits per heavy atom. The topological polar surface area (TPSA) is 120 Å². The molecule has 1 amide bonds. The van der Waals surface area contributed by atoms with Crippen molar-refractivity contribution in [1.29, 1.82) is 5.26 Å². The molecule has 0 radical (unpaired) electrons. The van der Waals surface area contributed by atoms with E-state index in [9.17, 15) is 23.2 Å². The molecule has 13 heteroatoms. The third-order valence-corrected chi connectivity index (χ3v) is 7.99. The Bertz CT molecular complexity index is 1350. The van der Waals surface area contributed by atoms with Gasteiger partial charge in [-0.1, -0.05) is 6.92 Å². The molecule has 1 saturated heterocycles. The standard InChI is InChI=1S/C32H43F3N6O4/c1-5-43-28-16-24-23(15-25(28)40-30(42)9-7-13-41(3)4)31(21(17-36)18-38-24)39-22-10-11-27(29(14-22)45-32(33,34)35)44-19-26-20(2)8-6-12-37-26/h10-11,14-16,20-21,26,31,37-39H,5-9,12-13,18-19H2,1-4H3,(H,40,42). The third kappa shape index (κ3) is 9.55. The quantitative estimate of drug-likeness (QED) is 0.219. The minimum atomic E-state index is -4.93. The summed E-state index contributed by atoms with van der Waals surface area (Å²) in [5.74, 6) is -0.462. The highest BCUT2D eigenvalue weighted by molar-refractivity contribution is 5.93. The largest absolute Gasteiger partial charge is 0.573 e. The Hall–Kier alpha value is -3.89. The van der Waals surface area contributed by atoms with Gasteiger partial charge in [0.15, 0.2) is 11.5 Å². The molecule has 4 unspecified atom stereocenters. The van der Waals surface area contributed by atoms with Crippen LogP contribution in [0.3, 0.4) is 0 Å². The molecule has 0 bridgehead atoms. The predicted octanol–water partition coefficient (Wildman–Crippen LogP) is 5.75. The van der Waals surface area contributed by atoms with Gasteiger partial charge in [0.1, 0.15) is 12.4 Å². The molecule has 2 aromatic carbocycles. The van der Waals surface area contributed by atoms with Gasteiger partial charge in [-0.2, -0.15) is 5.26 Å². The number of nitriles is 1. The molecule has 10 nitrogen and oxygen atoms in total. The first-order valence-corrected chi connectivity index (χ1v) is 15.4. The number of hydrogen-bond donors (Lipinski definition) is 4. The van der Waals surface area contributed by atoms with E-state index >= 15 is 0 Å². The average Bonchev–Trinajstić information content (AvgIpc) is 2.97. The first-order valence-electron chi connectivity index (χ1n) is 15.4. The van der Waals surface area contributed by atoms with Crippen molar-refractivity contribution in [2.75, 3.05) is 62.9 Å². The van der Waals surface area contributed by atoms with Crippen LogP contribution < -0.4 is 35.5 Å². The van der Waals surface area contributed by atoms with Crippen LogP contribution in [-0.4, -0.2) is 70.2 Å². The Labute approximate surface area is 262 Å². The van der Waals surface area contributed by atoms with Gasteiger partial charge >= 0.3 is 6.36 Å². The van der Waals surface area contributed by atoms with Crippen LogP contribution in [0.4, 0.5) is 30.2 Å². The first kappa shape index (κ1) is 34.0. The zero-order chi connectivity index (χ0) is 32.6. The summed E-state index contributed by atoms with van der Waals surface area (Å²) in [6, 6.07) is 9.49.